The summed E-state index contributed by atoms with van der Waals surface area (Å²) in [6, 6.07) is 4.38. The van der Waals surface area contributed by atoms with Gasteiger partial charge in [0.15, 0.2) is 0 Å². The lowest BCUT2D eigenvalue weighted by Crippen LogP contribution is -2.23. The highest BCUT2D eigenvalue weighted by atomic mass is 16.5. The van der Waals surface area contributed by atoms with Gasteiger partial charge < -0.3 is 10.1 Å². The second kappa shape index (κ2) is 7.37. The molecule has 0 aliphatic rings. The fraction of sp³-hybridized carbons (Fsp3) is 0.583. The second-order valence-electron chi connectivity index (χ2n) is 3.57. The van der Waals surface area contributed by atoms with Crippen LogP contribution < -0.4 is 5.32 Å². The van der Waals surface area contributed by atoms with Crippen molar-refractivity contribution >= 4 is 0 Å². The van der Waals surface area contributed by atoms with E-state index in [0.717, 1.165) is 26.2 Å². The Hall–Kier alpha value is -0.930. The summed E-state index contributed by atoms with van der Waals surface area (Å²) in [5.74, 6) is 0. The average Bonchev–Trinajstić information content (AvgIpc) is 2.30. The van der Waals surface area contributed by atoms with E-state index >= 15 is 0 Å². The topological polar surface area (TPSA) is 34.1 Å². The lowest BCUT2D eigenvalue weighted by molar-refractivity contribution is 0.135. The summed E-state index contributed by atoms with van der Waals surface area (Å²) >= 11 is 0. The molecule has 1 heterocycles. The Bertz CT molecular complexity index is 251. The van der Waals surface area contributed by atoms with Crippen LogP contribution in [0.4, 0.5) is 0 Å². The maximum absolute atomic E-state index is 5.39. The maximum atomic E-state index is 5.39. The lowest BCUT2D eigenvalue weighted by Gasteiger charge is -2.13. The fourth-order valence-electron chi connectivity index (χ4n) is 1.34. The van der Waals surface area contributed by atoms with Gasteiger partial charge >= 0.3 is 0 Å². The molecule has 1 atom stereocenters. The summed E-state index contributed by atoms with van der Waals surface area (Å²) in [4.78, 5) is 4.09. The van der Waals surface area contributed by atoms with Crippen LogP contribution in [-0.2, 0) is 4.74 Å². The molecule has 0 aromatic carbocycles. The van der Waals surface area contributed by atoms with E-state index in [-0.39, 0.29) is 0 Å². The van der Waals surface area contributed by atoms with E-state index in [2.05, 4.69) is 30.2 Å². The van der Waals surface area contributed by atoms with Crippen molar-refractivity contribution in [3.05, 3.63) is 30.1 Å². The number of nitrogens with zero attached hydrogens (tertiary/aromatic N) is 1. The van der Waals surface area contributed by atoms with Crippen LogP contribution in [0.25, 0.3) is 0 Å². The predicted molar refractivity (Wildman–Crippen MR) is 61.8 cm³/mol. The zero-order valence-electron chi connectivity index (χ0n) is 9.57. The number of pyridine rings is 1. The first-order chi connectivity index (χ1) is 7.34. The van der Waals surface area contributed by atoms with Crippen molar-refractivity contribution in [2.24, 2.45) is 0 Å². The molecule has 0 saturated heterocycles. The van der Waals surface area contributed by atoms with Crippen LogP contribution in [0.2, 0.25) is 0 Å². The third-order valence-electron chi connectivity index (χ3n) is 2.23. The van der Waals surface area contributed by atoms with Crippen molar-refractivity contribution in [2.45, 2.75) is 26.3 Å². The number of hydrogen-bond donors (Lipinski definition) is 1. The maximum Gasteiger partial charge on any atom is 0.0591 e. The van der Waals surface area contributed by atoms with Crippen molar-refractivity contribution in [3.63, 3.8) is 0 Å². The molecule has 1 aromatic rings. The van der Waals surface area contributed by atoms with Gasteiger partial charge in [-0.2, -0.15) is 0 Å². The Balaban J connectivity index is 2.16. The van der Waals surface area contributed by atoms with Gasteiger partial charge in [-0.3, -0.25) is 4.98 Å². The Morgan fingerprint density at radius 2 is 2.33 bits per heavy atom. The summed E-state index contributed by atoms with van der Waals surface area (Å²) in [5.41, 5.74) is 1.22. The molecular formula is C12H20N2O. The zero-order valence-corrected chi connectivity index (χ0v) is 9.57. The van der Waals surface area contributed by atoms with Gasteiger partial charge in [0.25, 0.3) is 0 Å². The average molecular weight is 208 g/mol. The third-order valence-corrected chi connectivity index (χ3v) is 2.23. The van der Waals surface area contributed by atoms with E-state index in [1.807, 2.05) is 12.3 Å². The summed E-state index contributed by atoms with van der Waals surface area (Å²) in [6.07, 6.45) is 4.77. The molecule has 1 unspecified atom stereocenters. The number of hydrogen-bond acceptors (Lipinski definition) is 3. The molecule has 0 radical (unpaired) electrons. The molecule has 84 valence electrons. The van der Waals surface area contributed by atoms with Gasteiger partial charge in [-0.15, -0.1) is 0 Å². The molecule has 1 aromatic heterocycles. The van der Waals surface area contributed by atoms with Gasteiger partial charge in [-0.05, 0) is 25.0 Å². The van der Waals surface area contributed by atoms with Gasteiger partial charge in [0.05, 0.1) is 6.61 Å². The van der Waals surface area contributed by atoms with Crippen molar-refractivity contribution in [3.8, 4) is 0 Å². The fourth-order valence-corrected chi connectivity index (χ4v) is 1.34. The summed E-state index contributed by atoms with van der Waals surface area (Å²) in [5, 5.41) is 3.39. The molecule has 0 aliphatic carbocycles. The molecule has 3 nitrogen and oxygen atoms in total. The van der Waals surface area contributed by atoms with E-state index in [1.165, 1.54) is 5.56 Å². The molecule has 0 fully saturated rings. The number of ether oxygens (including phenoxy) is 1. The Labute approximate surface area is 91.9 Å². The normalized spacial score (nSPS) is 12.7. The minimum absolute atomic E-state index is 0.337. The molecular weight excluding hydrogens is 188 g/mol. The smallest absolute Gasteiger partial charge is 0.0591 e. The summed E-state index contributed by atoms with van der Waals surface area (Å²) in [6.45, 7) is 6.76. The molecule has 1 rings (SSSR count). The largest absolute Gasteiger partial charge is 0.380 e. The zero-order chi connectivity index (χ0) is 10.9. The third kappa shape index (κ3) is 4.91. The molecule has 0 aliphatic heterocycles. The minimum Gasteiger partial charge on any atom is -0.380 e. The first-order valence-electron chi connectivity index (χ1n) is 5.55. The molecule has 1 N–H and O–H groups in total. The first kappa shape index (κ1) is 12.1. The van der Waals surface area contributed by atoms with Crippen LogP contribution >= 0.6 is 0 Å². The highest BCUT2D eigenvalue weighted by Gasteiger charge is 2.02. The first-order valence-corrected chi connectivity index (χ1v) is 5.55. The van der Waals surface area contributed by atoms with E-state index in [0.29, 0.717) is 6.04 Å². The van der Waals surface area contributed by atoms with Crippen LogP contribution in [0, 0.1) is 0 Å². The number of nitrogens with one attached hydrogen (secondary N) is 1. The molecule has 15 heavy (non-hydrogen) atoms. The highest BCUT2D eigenvalue weighted by Crippen LogP contribution is 2.08. The van der Waals surface area contributed by atoms with E-state index in [9.17, 15) is 0 Å². The molecule has 0 saturated carbocycles. The van der Waals surface area contributed by atoms with Gasteiger partial charge in [0.2, 0.25) is 0 Å². The lowest BCUT2D eigenvalue weighted by atomic mass is 10.1. The van der Waals surface area contributed by atoms with Gasteiger partial charge in [0.1, 0.15) is 0 Å². The van der Waals surface area contributed by atoms with E-state index in [4.69, 9.17) is 4.74 Å². The predicted octanol–water partition coefficient (Wildman–Crippen LogP) is 2.16. The quantitative estimate of drug-likeness (QED) is 0.697. The Morgan fingerprint density at radius 3 is 3.00 bits per heavy atom. The van der Waals surface area contributed by atoms with Crippen molar-refractivity contribution in [2.75, 3.05) is 19.8 Å². The van der Waals surface area contributed by atoms with Crippen molar-refractivity contribution in [1.82, 2.24) is 10.3 Å². The SMILES string of the molecule is CCCOCCNC(C)c1cccnc1. The van der Waals surface area contributed by atoms with E-state index in [1.54, 1.807) is 6.20 Å². The van der Waals surface area contributed by atoms with E-state index < -0.39 is 0 Å². The second-order valence-corrected chi connectivity index (χ2v) is 3.57. The summed E-state index contributed by atoms with van der Waals surface area (Å²) in [7, 11) is 0. The summed E-state index contributed by atoms with van der Waals surface area (Å²) < 4.78 is 5.39. The Morgan fingerprint density at radius 1 is 1.47 bits per heavy atom. The van der Waals surface area contributed by atoms with Crippen LogP contribution in [0.3, 0.4) is 0 Å². The van der Waals surface area contributed by atoms with Crippen molar-refractivity contribution in [1.29, 1.82) is 0 Å². The minimum atomic E-state index is 0.337. The number of aromatic nitrogens is 1. The standard InChI is InChI=1S/C12H20N2O/c1-3-8-15-9-7-14-11(2)12-5-4-6-13-10-12/h4-6,10-11,14H,3,7-9H2,1-2H3. The van der Waals surface area contributed by atoms with Gasteiger partial charge in [0, 0.05) is 31.6 Å². The highest BCUT2D eigenvalue weighted by molar-refractivity contribution is 5.12. The Kier molecular flexibility index (Phi) is 5.97. The van der Waals surface area contributed by atoms with Crippen molar-refractivity contribution < 1.29 is 4.74 Å². The van der Waals surface area contributed by atoms with Crippen LogP contribution in [-0.4, -0.2) is 24.7 Å². The van der Waals surface area contributed by atoms with Gasteiger partial charge in [-0.25, -0.2) is 0 Å². The molecule has 0 spiro atoms. The van der Waals surface area contributed by atoms with Gasteiger partial charge in [-0.1, -0.05) is 13.0 Å². The van der Waals surface area contributed by atoms with Crippen LogP contribution in [0.15, 0.2) is 24.5 Å². The number of rotatable bonds is 7. The molecule has 0 amide bonds. The van der Waals surface area contributed by atoms with Crippen LogP contribution in [0.1, 0.15) is 31.9 Å². The molecule has 0 bridgehead atoms. The monoisotopic (exact) mass is 208 g/mol. The van der Waals surface area contributed by atoms with Crippen LogP contribution in [0.5, 0.6) is 0 Å². The molecule has 3 heteroatoms.